The number of hydrogen-bond acceptors (Lipinski definition) is 2. The van der Waals surface area contributed by atoms with Crippen molar-refractivity contribution in [2.45, 2.75) is 26.2 Å². The molecule has 72 valence electrons. The minimum Gasteiger partial charge on any atom is -0.344 e. The van der Waals surface area contributed by atoms with Crippen LogP contribution in [0.2, 0.25) is 0 Å². The zero-order chi connectivity index (χ0) is 9.61. The zero-order valence-electron chi connectivity index (χ0n) is 6.99. The van der Waals surface area contributed by atoms with Gasteiger partial charge in [-0.1, -0.05) is 13.3 Å². The largest absolute Gasteiger partial charge is 0.344 e. The van der Waals surface area contributed by atoms with Gasteiger partial charge in [0.25, 0.3) is 0 Å². The zero-order valence-corrected chi connectivity index (χ0v) is 7.88. The van der Waals surface area contributed by atoms with Crippen LogP contribution in [0.3, 0.4) is 0 Å². The Morgan fingerprint density at radius 2 is 2.08 bits per heavy atom. The highest BCUT2D eigenvalue weighted by atomic mass is 31.2. The van der Waals surface area contributed by atoms with E-state index in [4.69, 9.17) is 9.79 Å². The molecule has 0 unspecified atom stereocenters. The molecule has 0 bridgehead atoms. The lowest BCUT2D eigenvalue weighted by Crippen LogP contribution is -2.23. The van der Waals surface area contributed by atoms with E-state index in [2.05, 4.69) is 5.32 Å². The molecule has 0 saturated heterocycles. The van der Waals surface area contributed by atoms with Crippen molar-refractivity contribution in [3.05, 3.63) is 0 Å². The van der Waals surface area contributed by atoms with Crippen molar-refractivity contribution in [3.8, 4) is 0 Å². The van der Waals surface area contributed by atoms with Crippen molar-refractivity contribution in [3.63, 3.8) is 0 Å². The first kappa shape index (κ1) is 11.6. The summed E-state index contributed by atoms with van der Waals surface area (Å²) in [5, 5.41) is 2.16. The Labute approximate surface area is 71.3 Å². The highest BCUT2D eigenvalue weighted by molar-refractivity contribution is 7.51. The number of hydrogen-bond donors (Lipinski definition) is 3. The van der Waals surface area contributed by atoms with Crippen LogP contribution >= 0.6 is 7.60 Å². The van der Waals surface area contributed by atoms with Gasteiger partial charge in [0.05, 0.1) is 0 Å². The van der Waals surface area contributed by atoms with E-state index in [9.17, 15) is 9.36 Å². The van der Waals surface area contributed by atoms with Crippen molar-refractivity contribution < 1.29 is 19.1 Å². The molecule has 0 radical (unpaired) electrons. The van der Waals surface area contributed by atoms with E-state index in [0.717, 1.165) is 12.8 Å². The number of amides is 1. The van der Waals surface area contributed by atoms with Gasteiger partial charge in [0, 0.05) is 6.42 Å². The molecule has 6 heteroatoms. The summed E-state index contributed by atoms with van der Waals surface area (Å²) in [6.07, 6.45) is 1.41. The predicted molar refractivity (Wildman–Crippen MR) is 44.6 cm³/mol. The van der Waals surface area contributed by atoms with E-state index < -0.39 is 13.9 Å². The molecule has 0 saturated carbocycles. The summed E-state index contributed by atoms with van der Waals surface area (Å²) in [5.41, 5.74) is 0. The first-order chi connectivity index (χ1) is 5.45. The Hall–Kier alpha value is -0.380. The van der Waals surface area contributed by atoms with E-state index in [-0.39, 0.29) is 5.91 Å². The fourth-order valence-electron chi connectivity index (χ4n) is 0.617. The molecule has 0 aliphatic carbocycles. The molecule has 0 aromatic carbocycles. The van der Waals surface area contributed by atoms with Crippen LogP contribution < -0.4 is 5.32 Å². The quantitative estimate of drug-likeness (QED) is 0.555. The second kappa shape index (κ2) is 5.30. The molecule has 3 N–H and O–H groups in total. The number of carbonyl (C=O) groups is 1. The first-order valence-electron chi connectivity index (χ1n) is 3.77. The molecule has 0 rings (SSSR count). The topological polar surface area (TPSA) is 86.6 Å². The van der Waals surface area contributed by atoms with Crippen LogP contribution in [0.25, 0.3) is 0 Å². The summed E-state index contributed by atoms with van der Waals surface area (Å²) in [6.45, 7) is 1.94. The standard InChI is InChI=1S/C6H14NO4P/c1-2-3-4-6(8)7-5-12(9,10)11/h2-5H2,1H3,(H,7,8)(H2,9,10,11). The number of nitrogens with one attached hydrogen (secondary N) is 1. The van der Waals surface area contributed by atoms with Crippen molar-refractivity contribution in [2.75, 3.05) is 6.29 Å². The van der Waals surface area contributed by atoms with Gasteiger partial charge in [0.2, 0.25) is 5.91 Å². The van der Waals surface area contributed by atoms with E-state index in [1.165, 1.54) is 0 Å². The highest BCUT2D eigenvalue weighted by Gasteiger charge is 2.13. The minimum absolute atomic E-state index is 0.305. The Kier molecular flexibility index (Phi) is 5.13. The first-order valence-corrected chi connectivity index (χ1v) is 5.56. The van der Waals surface area contributed by atoms with Crippen LogP contribution in [0.5, 0.6) is 0 Å². The van der Waals surface area contributed by atoms with Gasteiger partial charge in [-0.2, -0.15) is 0 Å². The summed E-state index contributed by atoms with van der Waals surface area (Å²) in [4.78, 5) is 27.6. The van der Waals surface area contributed by atoms with Gasteiger partial charge >= 0.3 is 7.60 Å². The summed E-state index contributed by atoms with van der Waals surface area (Å²) in [5.74, 6) is -0.305. The van der Waals surface area contributed by atoms with E-state index in [1.54, 1.807) is 0 Å². The van der Waals surface area contributed by atoms with E-state index >= 15 is 0 Å². The van der Waals surface area contributed by atoms with Crippen LogP contribution in [-0.2, 0) is 9.36 Å². The van der Waals surface area contributed by atoms with Crippen LogP contribution in [0.15, 0.2) is 0 Å². The third-order valence-corrected chi connectivity index (χ3v) is 1.81. The average Bonchev–Trinajstić information content (AvgIpc) is 1.95. The molecule has 1 amide bonds. The molecule has 0 atom stereocenters. The lowest BCUT2D eigenvalue weighted by molar-refractivity contribution is -0.120. The van der Waals surface area contributed by atoms with Crippen LogP contribution in [0.4, 0.5) is 0 Å². The molecule has 0 fully saturated rings. The fourth-order valence-corrected chi connectivity index (χ4v) is 0.999. The van der Waals surface area contributed by atoms with Crippen molar-refractivity contribution >= 4 is 13.5 Å². The van der Waals surface area contributed by atoms with Crippen LogP contribution in [0.1, 0.15) is 26.2 Å². The molecule has 0 aromatic rings. The molecule has 0 aromatic heterocycles. The van der Waals surface area contributed by atoms with Crippen molar-refractivity contribution in [1.82, 2.24) is 5.32 Å². The second-order valence-corrected chi connectivity index (χ2v) is 4.17. The normalized spacial score (nSPS) is 11.2. The monoisotopic (exact) mass is 195 g/mol. The van der Waals surface area contributed by atoms with Gasteiger partial charge in [-0.15, -0.1) is 0 Å². The Balaban J connectivity index is 3.51. The number of rotatable bonds is 5. The van der Waals surface area contributed by atoms with E-state index in [1.807, 2.05) is 6.92 Å². The van der Waals surface area contributed by atoms with Gasteiger partial charge in [-0.25, -0.2) is 0 Å². The summed E-state index contributed by atoms with van der Waals surface area (Å²) >= 11 is 0. The van der Waals surface area contributed by atoms with Crippen molar-refractivity contribution in [2.24, 2.45) is 0 Å². The predicted octanol–water partition coefficient (Wildman–Crippen LogP) is 0.428. The smallest absolute Gasteiger partial charge is 0.344 e. The third-order valence-electron chi connectivity index (χ3n) is 1.24. The average molecular weight is 195 g/mol. The molecule has 0 spiro atoms. The summed E-state index contributed by atoms with van der Waals surface area (Å²) in [6, 6.07) is 0. The number of carbonyl (C=O) groups excluding carboxylic acids is 1. The molecular weight excluding hydrogens is 181 g/mol. The maximum absolute atomic E-state index is 10.8. The van der Waals surface area contributed by atoms with Gasteiger partial charge < -0.3 is 15.1 Å². The molecular formula is C6H14NO4P. The third kappa shape index (κ3) is 7.72. The lowest BCUT2D eigenvalue weighted by atomic mass is 10.2. The lowest BCUT2D eigenvalue weighted by Gasteiger charge is -2.05. The summed E-state index contributed by atoms with van der Waals surface area (Å²) in [7, 11) is -4.08. The second-order valence-electron chi connectivity index (χ2n) is 2.53. The van der Waals surface area contributed by atoms with Gasteiger partial charge in [0.1, 0.15) is 6.29 Å². The van der Waals surface area contributed by atoms with Gasteiger partial charge in [-0.05, 0) is 6.42 Å². The molecule has 12 heavy (non-hydrogen) atoms. The van der Waals surface area contributed by atoms with Crippen LogP contribution in [-0.4, -0.2) is 22.0 Å². The fraction of sp³-hybridized carbons (Fsp3) is 0.833. The van der Waals surface area contributed by atoms with Gasteiger partial charge in [-0.3, -0.25) is 9.36 Å². The molecule has 0 heterocycles. The van der Waals surface area contributed by atoms with Crippen molar-refractivity contribution in [1.29, 1.82) is 0 Å². The molecule has 0 aliphatic heterocycles. The maximum Gasteiger partial charge on any atom is 0.344 e. The SMILES string of the molecule is CCCCC(=O)NCP(=O)(O)O. The maximum atomic E-state index is 10.8. The highest BCUT2D eigenvalue weighted by Crippen LogP contribution is 2.31. The molecule has 0 aliphatic rings. The van der Waals surface area contributed by atoms with Gasteiger partial charge in [0.15, 0.2) is 0 Å². The Bertz CT molecular complexity index is 188. The molecule has 5 nitrogen and oxygen atoms in total. The van der Waals surface area contributed by atoms with E-state index in [0.29, 0.717) is 6.42 Å². The minimum atomic E-state index is -4.08. The van der Waals surface area contributed by atoms with Crippen LogP contribution in [0, 0.1) is 0 Å². The Morgan fingerprint density at radius 1 is 1.50 bits per heavy atom. The summed E-state index contributed by atoms with van der Waals surface area (Å²) < 4.78 is 10.3. The number of unbranched alkanes of at least 4 members (excludes halogenated alkanes) is 1. The Morgan fingerprint density at radius 3 is 2.50 bits per heavy atom.